The maximum Gasteiger partial charge on any atom is 0.235 e. The number of imide groups is 1. The molecule has 3 aliphatic heterocycles. The van der Waals surface area contributed by atoms with Crippen LogP contribution in [-0.2, 0) is 16.6 Å². The second-order valence-corrected chi connectivity index (χ2v) is 8.10. The van der Waals surface area contributed by atoms with Crippen LogP contribution in [0.25, 0.3) is 10.9 Å². The van der Waals surface area contributed by atoms with Gasteiger partial charge in [-0.25, -0.2) is 0 Å². The van der Waals surface area contributed by atoms with Crippen molar-refractivity contribution >= 4 is 22.7 Å². The van der Waals surface area contributed by atoms with E-state index in [4.69, 9.17) is 0 Å². The van der Waals surface area contributed by atoms with E-state index in [0.717, 1.165) is 16.6 Å². The van der Waals surface area contributed by atoms with Crippen LogP contribution in [0.3, 0.4) is 0 Å². The van der Waals surface area contributed by atoms with Gasteiger partial charge < -0.3 is 5.32 Å². The van der Waals surface area contributed by atoms with Gasteiger partial charge in [-0.1, -0.05) is 12.1 Å². The molecule has 4 heterocycles. The Labute approximate surface area is 152 Å². The summed E-state index contributed by atoms with van der Waals surface area (Å²) in [5, 5.41) is 11.8. The van der Waals surface area contributed by atoms with Crippen molar-refractivity contribution in [2.24, 2.45) is 7.05 Å². The van der Waals surface area contributed by atoms with Crippen molar-refractivity contribution in [2.45, 2.75) is 62.4 Å². The van der Waals surface area contributed by atoms with E-state index in [2.05, 4.69) is 33.9 Å². The third-order valence-electron chi connectivity index (χ3n) is 6.42. The highest BCUT2D eigenvalue weighted by atomic mass is 16.2. The molecule has 2 N–H and O–H groups in total. The smallest absolute Gasteiger partial charge is 0.235 e. The molecule has 136 valence electrons. The van der Waals surface area contributed by atoms with Crippen LogP contribution in [0.15, 0.2) is 18.2 Å². The molecule has 3 aliphatic rings. The number of amides is 2. The van der Waals surface area contributed by atoms with E-state index >= 15 is 0 Å². The number of piperidine rings is 2. The number of fused-ring (bicyclic) bond motifs is 3. The summed E-state index contributed by atoms with van der Waals surface area (Å²) in [5.41, 5.74) is 3.26. The highest BCUT2D eigenvalue weighted by Crippen LogP contribution is 2.39. The fourth-order valence-electron chi connectivity index (χ4n) is 5.10. The molecule has 6 nitrogen and oxygen atoms in total. The average Bonchev–Trinajstić information content (AvgIpc) is 3.14. The van der Waals surface area contributed by atoms with Gasteiger partial charge in [0.15, 0.2) is 0 Å². The Bertz CT molecular complexity index is 891. The van der Waals surface area contributed by atoms with Crippen molar-refractivity contribution in [3.63, 3.8) is 0 Å². The molecule has 3 fully saturated rings. The Morgan fingerprint density at radius 1 is 1.12 bits per heavy atom. The number of carbonyl (C=O) groups is 2. The van der Waals surface area contributed by atoms with Gasteiger partial charge in [-0.2, -0.15) is 5.10 Å². The Kier molecular flexibility index (Phi) is 3.64. The minimum absolute atomic E-state index is 0.186. The lowest BCUT2D eigenvalue weighted by Gasteiger charge is -2.29. The SMILES string of the molecule is Cn1nc(C2CCC(=O)NC2=O)c2ccc(C3CC4CCC(C3)N4)cc21. The van der Waals surface area contributed by atoms with Gasteiger partial charge in [-0.15, -0.1) is 0 Å². The van der Waals surface area contributed by atoms with Gasteiger partial charge in [0.05, 0.1) is 17.1 Å². The number of hydrogen-bond donors (Lipinski definition) is 2. The minimum Gasteiger partial charge on any atom is -0.311 e. The number of aromatic nitrogens is 2. The van der Waals surface area contributed by atoms with Gasteiger partial charge in [0, 0.05) is 30.9 Å². The van der Waals surface area contributed by atoms with Crippen molar-refractivity contribution in [3.05, 3.63) is 29.5 Å². The van der Waals surface area contributed by atoms with E-state index in [1.54, 1.807) is 0 Å². The molecule has 26 heavy (non-hydrogen) atoms. The first-order valence-electron chi connectivity index (χ1n) is 9.65. The van der Waals surface area contributed by atoms with Crippen LogP contribution in [0.1, 0.15) is 61.6 Å². The number of carbonyl (C=O) groups excluding carboxylic acids is 2. The van der Waals surface area contributed by atoms with E-state index in [9.17, 15) is 9.59 Å². The topological polar surface area (TPSA) is 76.0 Å². The number of hydrogen-bond acceptors (Lipinski definition) is 4. The lowest BCUT2D eigenvalue weighted by Crippen LogP contribution is -2.39. The van der Waals surface area contributed by atoms with E-state index in [1.807, 2.05) is 11.7 Å². The van der Waals surface area contributed by atoms with Gasteiger partial charge >= 0.3 is 0 Å². The number of benzene rings is 1. The van der Waals surface area contributed by atoms with E-state index in [-0.39, 0.29) is 17.7 Å². The molecular weight excluding hydrogens is 328 g/mol. The summed E-state index contributed by atoms with van der Waals surface area (Å²) in [4.78, 5) is 23.7. The molecule has 3 unspecified atom stereocenters. The van der Waals surface area contributed by atoms with Crippen LogP contribution in [0.5, 0.6) is 0 Å². The van der Waals surface area contributed by atoms with Crippen LogP contribution in [0.2, 0.25) is 0 Å². The van der Waals surface area contributed by atoms with Gasteiger partial charge in [-0.3, -0.25) is 19.6 Å². The minimum atomic E-state index is -0.336. The number of rotatable bonds is 2. The Hall–Kier alpha value is -2.21. The van der Waals surface area contributed by atoms with Gasteiger partial charge in [0.1, 0.15) is 0 Å². The van der Waals surface area contributed by atoms with Crippen molar-refractivity contribution in [3.8, 4) is 0 Å². The molecule has 2 amide bonds. The van der Waals surface area contributed by atoms with Gasteiger partial charge in [0.2, 0.25) is 11.8 Å². The van der Waals surface area contributed by atoms with Crippen LogP contribution < -0.4 is 10.6 Å². The summed E-state index contributed by atoms with van der Waals surface area (Å²) in [6, 6.07) is 7.93. The number of nitrogens with zero attached hydrogens (tertiary/aromatic N) is 2. The molecule has 0 saturated carbocycles. The van der Waals surface area contributed by atoms with E-state index in [1.165, 1.54) is 31.2 Å². The monoisotopic (exact) mass is 352 g/mol. The zero-order valence-corrected chi connectivity index (χ0v) is 15.0. The molecule has 2 aromatic rings. The summed E-state index contributed by atoms with van der Waals surface area (Å²) < 4.78 is 1.88. The second-order valence-electron chi connectivity index (χ2n) is 8.10. The fourth-order valence-corrected chi connectivity index (χ4v) is 5.10. The normalized spacial score (nSPS) is 31.4. The first-order valence-corrected chi connectivity index (χ1v) is 9.65. The fraction of sp³-hybridized carbons (Fsp3) is 0.550. The maximum absolute atomic E-state index is 12.3. The molecule has 3 atom stereocenters. The summed E-state index contributed by atoms with van der Waals surface area (Å²) >= 11 is 0. The largest absolute Gasteiger partial charge is 0.311 e. The highest BCUT2D eigenvalue weighted by molar-refractivity contribution is 6.02. The van der Waals surface area contributed by atoms with Crippen LogP contribution in [-0.4, -0.2) is 33.7 Å². The lowest BCUT2D eigenvalue weighted by molar-refractivity contribution is -0.134. The molecular formula is C20H24N4O2. The zero-order chi connectivity index (χ0) is 17.8. The molecule has 5 rings (SSSR count). The molecule has 0 radical (unpaired) electrons. The van der Waals surface area contributed by atoms with Crippen LogP contribution in [0, 0.1) is 0 Å². The summed E-state index contributed by atoms with van der Waals surface area (Å²) in [7, 11) is 1.94. The Morgan fingerprint density at radius 2 is 1.88 bits per heavy atom. The predicted octanol–water partition coefficient (Wildman–Crippen LogP) is 2.09. The highest BCUT2D eigenvalue weighted by Gasteiger charge is 2.35. The summed E-state index contributed by atoms with van der Waals surface area (Å²) in [6.07, 6.45) is 5.93. The first-order chi connectivity index (χ1) is 12.6. The van der Waals surface area contributed by atoms with Gasteiger partial charge in [-0.05, 0) is 49.7 Å². The quantitative estimate of drug-likeness (QED) is 0.812. The zero-order valence-electron chi connectivity index (χ0n) is 15.0. The molecule has 1 aromatic heterocycles. The predicted molar refractivity (Wildman–Crippen MR) is 97.8 cm³/mol. The van der Waals surface area contributed by atoms with Crippen LogP contribution >= 0.6 is 0 Å². The standard InChI is InChI=1S/C20H24N4O2/c1-24-17-10-11(12-8-13-3-4-14(9-12)21-13)2-5-15(17)19(23-24)16-6-7-18(25)22-20(16)26/h2,5,10,12-14,16,21H,3-4,6-9H2,1H3,(H,22,25,26). The van der Waals surface area contributed by atoms with E-state index in [0.29, 0.717) is 30.8 Å². The number of nitrogens with one attached hydrogen (secondary N) is 2. The summed E-state index contributed by atoms with van der Waals surface area (Å²) in [5.74, 6) is -0.140. The lowest BCUT2D eigenvalue weighted by atomic mass is 9.85. The summed E-state index contributed by atoms with van der Waals surface area (Å²) in [6.45, 7) is 0. The average molecular weight is 352 g/mol. The van der Waals surface area contributed by atoms with Crippen molar-refractivity contribution in [1.29, 1.82) is 0 Å². The maximum atomic E-state index is 12.3. The molecule has 6 heteroatoms. The third-order valence-corrected chi connectivity index (χ3v) is 6.42. The number of aryl methyl sites for hydroxylation is 1. The molecule has 0 spiro atoms. The first kappa shape index (κ1) is 16.0. The van der Waals surface area contributed by atoms with E-state index < -0.39 is 0 Å². The van der Waals surface area contributed by atoms with Crippen molar-refractivity contribution in [2.75, 3.05) is 0 Å². The van der Waals surface area contributed by atoms with Crippen LogP contribution in [0.4, 0.5) is 0 Å². The van der Waals surface area contributed by atoms with Crippen molar-refractivity contribution < 1.29 is 9.59 Å². The third kappa shape index (κ3) is 2.55. The molecule has 2 bridgehead atoms. The molecule has 0 aliphatic carbocycles. The molecule has 3 saturated heterocycles. The Morgan fingerprint density at radius 3 is 2.62 bits per heavy atom. The Balaban J connectivity index is 1.49. The van der Waals surface area contributed by atoms with Gasteiger partial charge in [0.25, 0.3) is 0 Å². The van der Waals surface area contributed by atoms with Crippen molar-refractivity contribution in [1.82, 2.24) is 20.4 Å². The second kappa shape index (κ2) is 5.91. The molecule has 1 aromatic carbocycles.